The Morgan fingerprint density at radius 1 is 1.26 bits per heavy atom. The summed E-state index contributed by atoms with van der Waals surface area (Å²) in [6, 6.07) is 8.62. The van der Waals surface area contributed by atoms with Gasteiger partial charge in [0.25, 0.3) is 5.69 Å². The Morgan fingerprint density at radius 2 is 2.05 bits per heavy atom. The van der Waals surface area contributed by atoms with E-state index < -0.39 is 4.92 Å². The van der Waals surface area contributed by atoms with Crippen LogP contribution >= 0.6 is 11.6 Å². The van der Waals surface area contributed by atoms with E-state index in [-0.39, 0.29) is 10.7 Å². The zero-order valence-electron chi connectivity index (χ0n) is 10.0. The van der Waals surface area contributed by atoms with Gasteiger partial charge in [0.1, 0.15) is 5.02 Å². The predicted molar refractivity (Wildman–Crippen MR) is 72.9 cm³/mol. The summed E-state index contributed by atoms with van der Waals surface area (Å²) in [6.45, 7) is 1.19. The van der Waals surface area contributed by atoms with Gasteiger partial charge in [0, 0.05) is 31.5 Å². The molecule has 6 heteroatoms. The monoisotopic (exact) mass is 277 g/mol. The molecule has 5 nitrogen and oxygen atoms in total. The van der Waals surface area contributed by atoms with Crippen LogP contribution in [0.3, 0.4) is 0 Å². The molecule has 0 aliphatic heterocycles. The minimum Gasteiger partial charge on any atom is -0.309 e. The Morgan fingerprint density at radius 3 is 2.74 bits per heavy atom. The van der Waals surface area contributed by atoms with Crippen LogP contribution in [0.4, 0.5) is 5.69 Å². The third-order valence-corrected chi connectivity index (χ3v) is 2.91. The SMILES string of the molecule is O=[N+]([O-])c1cc(CNCc2cccnc2)ccc1Cl. The number of nitrogens with zero attached hydrogens (tertiary/aromatic N) is 2. The summed E-state index contributed by atoms with van der Waals surface area (Å²) >= 11 is 5.75. The van der Waals surface area contributed by atoms with Crippen molar-refractivity contribution in [2.75, 3.05) is 0 Å². The van der Waals surface area contributed by atoms with Crippen LogP contribution in [0.15, 0.2) is 42.7 Å². The molecule has 19 heavy (non-hydrogen) atoms. The third kappa shape index (κ3) is 3.74. The number of halogens is 1. The standard InChI is InChI=1S/C13H12ClN3O2/c14-12-4-3-10(6-13(12)17(18)19)7-16-9-11-2-1-5-15-8-11/h1-6,8,16H,7,9H2. The first kappa shape index (κ1) is 13.5. The van der Waals surface area contributed by atoms with E-state index in [0.29, 0.717) is 13.1 Å². The minimum absolute atomic E-state index is 0.0673. The van der Waals surface area contributed by atoms with E-state index in [1.807, 2.05) is 12.1 Å². The quantitative estimate of drug-likeness (QED) is 0.674. The summed E-state index contributed by atoms with van der Waals surface area (Å²) in [5, 5.41) is 14.1. The molecular formula is C13H12ClN3O2. The largest absolute Gasteiger partial charge is 0.309 e. The van der Waals surface area contributed by atoms with Crippen molar-refractivity contribution in [3.63, 3.8) is 0 Å². The van der Waals surface area contributed by atoms with Crippen LogP contribution in [0.25, 0.3) is 0 Å². The number of rotatable bonds is 5. The lowest BCUT2D eigenvalue weighted by Crippen LogP contribution is -2.12. The van der Waals surface area contributed by atoms with E-state index in [2.05, 4.69) is 10.3 Å². The number of nitro benzene ring substituents is 1. The first-order valence-corrected chi connectivity index (χ1v) is 6.07. The number of hydrogen-bond donors (Lipinski definition) is 1. The zero-order chi connectivity index (χ0) is 13.7. The van der Waals surface area contributed by atoms with E-state index in [9.17, 15) is 10.1 Å². The lowest BCUT2D eigenvalue weighted by atomic mass is 10.2. The van der Waals surface area contributed by atoms with Crippen molar-refractivity contribution < 1.29 is 4.92 Å². The maximum Gasteiger partial charge on any atom is 0.288 e. The van der Waals surface area contributed by atoms with Gasteiger partial charge < -0.3 is 5.32 Å². The van der Waals surface area contributed by atoms with Crippen LogP contribution in [0.1, 0.15) is 11.1 Å². The van der Waals surface area contributed by atoms with Gasteiger partial charge in [-0.25, -0.2) is 0 Å². The van der Waals surface area contributed by atoms with Crippen molar-refractivity contribution in [2.45, 2.75) is 13.1 Å². The number of hydrogen-bond acceptors (Lipinski definition) is 4. The highest BCUT2D eigenvalue weighted by molar-refractivity contribution is 6.32. The van der Waals surface area contributed by atoms with Crippen molar-refractivity contribution in [3.8, 4) is 0 Å². The fourth-order valence-corrected chi connectivity index (χ4v) is 1.85. The van der Waals surface area contributed by atoms with Crippen LogP contribution in [0, 0.1) is 10.1 Å². The van der Waals surface area contributed by atoms with E-state index >= 15 is 0 Å². The maximum atomic E-state index is 10.8. The van der Waals surface area contributed by atoms with E-state index in [0.717, 1.165) is 11.1 Å². The Balaban J connectivity index is 1.97. The number of nitrogens with one attached hydrogen (secondary N) is 1. The molecule has 2 rings (SSSR count). The molecule has 0 spiro atoms. The highest BCUT2D eigenvalue weighted by Crippen LogP contribution is 2.24. The Hall–Kier alpha value is -1.98. The molecule has 1 aromatic heterocycles. The maximum absolute atomic E-state index is 10.8. The lowest BCUT2D eigenvalue weighted by molar-refractivity contribution is -0.384. The number of pyridine rings is 1. The summed E-state index contributed by atoms with van der Waals surface area (Å²) in [5.74, 6) is 0. The smallest absolute Gasteiger partial charge is 0.288 e. The average molecular weight is 278 g/mol. The Labute approximate surface area is 115 Å². The van der Waals surface area contributed by atoms with Crippen LogP contribution < -0.4 is 5.32 Å². The molecule has 0 radical (unpaired) electrons. The summed E-state index contributed by atoms with van der Waals surface area (Å²) in [7, 11) is 0. The van der Waals surface area contributed by atoms with Gasteiger partial charge in [-0.3, -0.25) is 15.1 Å². The molecule has 0 amide bonds. The van der Waals surface area contributed by atoms with Crippen LogP contribution in [0.5, 0.6) is 0 Å². The summed E-state index contributed by atoms with van der Waals surface area (Å²) in [5.41, 5.74) is 1.81. The normalized spacial score (nSPS) is 10.4. The predicted octanol–water partition coefficient (Wildman–Crippen LogP) is 2.93. The van der Waals surface area contributed by atoms with Gasteiger partial charge in [0.2, 0.25) is 0 Å². The molecule has 2 aromatic rings. The summed E-state index contributed by atoms with van der Waals surface area (Å²) in [4.78, 5) is 14.3. The second kappa shape index (κ2) is 6.26. The molecule has 1 N–H and O–H groups in total. The third-order valence-electron chi connectivity index (χ3n) is 2.59. The first-order valence-electron chi connectivity index (χ1n) is 5.69. The summed E-state index contributed by atoms with van der Waals surface area (Å²) in [6.07, 6.45) is 3.49. The van der Waals surface area contributed by atoms with Crippen molar-refractivity contribution in [1.82, 2.24) is 10.3 Å². The average Bonchev–Trinajstić information content (AvgIpc) is 2.41. The van der Waals surface area contributed by atoms with Crippen molar-refractivity contribution >= 4 is 17.3 Å². The molecule has 0 aliphatic rings. The number of nitro groups is 1. The second-order valence-electron chi connectivity index (χ2n) is 4.01. The molecule has 1 heterocycles. The summed E-state index contributed by atoms with van der Waals surface area (Å²) < 4.78 is 0. The fraction of sp³-hybridized carbons (Fsp3) is 0.154. The van der Waals surface area contributed by atoms with Gasteiger partial charge in [-0.1, -0.05) is 23.7 Å². The molecule has 0 bridgehead atoms. The topological polar surface area (TPSA) is 68.1 Å². The fourth-order valence-electron chi connectivity index (χ4n) is 1.66. The first-order chi connectivity index (χ1) is 9.16. The molecule has 0 aliphatic carbocycles. The van der Waals surface area contributed by atoms with Crippen molar-refractivity contribution in [2.24, 2.45) is 0 Å². The molecule has 0 saturated heterocycles. The van der Waals surface area contributed by atoms with E-state index in [1.165, 1.54) is 6.07 Å². The van der Waals surface area contributed by atoms with Crippen LogP contribution in [-0.4, -0.2) is 9.91 Å². The molecular weight excluding hydrogens is 266 g/mol. The molecule has 0 atom stereocenters. The Kier molecular flexibility index (Phi) is 4.43. The van der Waals surface area contributed by atoms with Gasteiger partial charge >= 0.3 is 0 Å². The molecule has 0 saturated carbocycles. The highest BCUT2D eigenvalue weighted by Gasteiger charge is 2.12. The van der Waals surface area contributed by atoms with Gasteiger partial charge in [-0.05, 0) is 23.3 Å². The molecule has 1 aromatic carbocycles. The van der Waals surface area contributed by atoms with E-state index in [4.69, 9.17) is 11.6 Å². The second-order valence-corrected chi connectivity index (χ2v) is 4.41. The van der Waals surface area contributed by atoms with Crippen molar-refractivity contribution in [1.29, 1.82) is 0 Å². The van der Waals surface area contributed by atoms with Crippen LogP contribution in [-0.2, 0) is 13.1 Å². The Bertz CT molecular complexity index is 575. The van der Waals surface area contributed by atoms with E-state index in [1.54, 1.807) is 24.5 Å². The van der Waals surface area contributed by atoms with Gasteiger partial charge in [0.15, 0.2) is 0 Å². The number of aromatic nitrogens is 1. The van der Waals surface area contributed by atoms with Gasteiger partial charge in [-0.15, -0.1) is 0 Å². The highest BCUT2D eigenvalue weighted by atomic mass is 35.5. The van der Waals surface area contributed by atoms with Crippen molar-refractivity contribution in [3.05, 3.63) is 69.0 Å². The minimum atomic E-state index is -0.479. The molecule has 98 valence electrons. The molecule has 0 fully saturated rings. The van der Waals surface area contributed by atoms with Gasteiger partial charge in [0.05, 0.1) is 4.92 Å². The lowest BCUT2D eigenvalue weighted by Gasteiger charge is -2.05. The number of benzene rings is 1. The van der Waals surface area contributed by atoms with Crippen LogP contribution in [0.2, 0.25) is 5.02 Å². The van der Waals surface area contributed by atoms with Gasteiger partial charge in [-0.2, -0.15) is 0 Å². The zero-order valence-corrected chi connectivity index (χ0v) is 10.8. The molecule has 0 unspecified atom stereocenters.